The van der Waals surface area contributed by atoms with E-state index in [0.717, 1.165) is 0 Å². The monoisotopic (exact) mass is 510 g/mol. The molecule has 0 aromatic heterocycles. The first-order valence-electron chi connectivity index (χ1n) is 11.6. The summed E-state index contributed by atoms with van der Waals surface area (Å²) < 4.78 is 16.8. The Morgan fingerprint density at radius 2 is 1.45 bits per heavy atom. The van der Waals surface area contributed by atoms with Crippen molar-refractivity contribution in [2.75, 3.05) is 13.2 Å². The Labute approximate surface area is 183 Å². The Hall–Kier alpha value is -0.811. The van der Waals surface area contributed by atoms with Crippen LogP contribution in [0.2, 0.25) is 13.3 Å². The fraction of sp³-hybridized carbons (Fsp3) is 0.640. The van der Waals surface area contributed by atoms with Crippen molar-refractivity contribution in [1.29, 1.82) is 0 Å². The van der Waals surface area contributed by atoms with E-state index in [0.29, 0.717) is 19.8 Å². The van der Waals surface area contributed by atoms with Gasteiger partial charge in [0.05, 0.1) is 0 Å². The standard InChI is InChI=1S/C13H15O3.3C4H9.Sn/c1-2-16-13(14)9-6-10-15-11-12-7-4-3-5-8-12;3*1-3-4-2;/h3-5,7-9H,2,10-11H2,1H3;3*1,3-4H2,2H3;. The van der Waals surface area contributed by atoms with E-state index in [2.05, 4.69) is 32.9 Å². The van der Waals surface area contributed by atoms with Crippen LogP contribution in [0.4, 0.5) is 0 Å². The molecule has 0 saturated carbocycles. The topological polar surface area (TPSA) is 35.5 Å². The summed E-state index contributed by atoms with van der Waals surface area (Å²) in [5.41, 5.74) is 1.18. The van der Waals surface area contributed by atoms with Gasteiger partial charge in [-0.1, -0.05) is 0 Å². The van der Waals surface area contributed by atoms with Crippen molar-refractivity contribution in [3.63, 3.8) is 0 Å². The van der Waals surface area contributed by atoms with Crippen LogP contribution in [0.25, 0.3) is 0 Å². The molecule has 0 bridgehead atoms. The number of hydrogen-bond donors (Lipinski definition) is 0. The second-order valence-electron chi connectivity index (χ2n) is 7.99. The van der Waals surface area contributed by atoms with Gasteiger partial charge in [0.2, 0.25) is 0 Å². The Balaban J connectivity index is 3.11. The fourth-order valence-electron chi connectivity index (χ4n) is 3.93. The summed E-state index contributed by atoms with van der Waals surface area (Å²) >= 11 is -2.71. The van der Waals surface area contributed by atoms with Gasteiger partial charge in [-0.15, -0.1) is 0 Å². The number of rotatable bonds is 16. The number of esters is 1. The first kappa shape index (κ1) is 26.2. The molecule has 0 atom stereocenters. The van der Waals surface area contributed by atoms with E-state index >= 15 is 0 Å². The Morgan fingerprint density at radius 3 is 1.93 bits per heavy atom. The van der Waals surface area contributed by atoms with E-state index in [1.54, 1.807) is 0 Å². The molecule has 0 aliphatic rings. The number of ether oxygens (including phenoxy) is 2. The quantitative estimate of drug-likeness (QED) is 0.136. The summed E-state index contributed by atoms with van der Waals surface area (Å²) in [6.45, 7) is 10.3. The van der Waals surface area contributed by atoms with Crippen molar-refractivity contribution >= 4 is 24.3 Å². The molecule has 3 nitrogen and oxygen atoms in total. The van der Waals surface area contributed by atoms with Gasteiger partial charge in [0.15, 0.2) is 0 Å². The van der Waals surface area contributed by atoms with Gasteiger partial charge in [0.1, 0.15) is 0 Å². The number of carbonyl (C=O) groups is 1. The van der Waals surface area contributed by atoms with Gasteiger partial charge in [-0.2, -0.15) is 0 Å². The minimum absolute atomic E-state index is 0.184. The molecule has 1 aromatic rings. The molecular formula is C25H42O3Sn. The summed E-state index contributed by atoms with van der Waals surface area (Å²) in [6.07, 6.45) is 9.29. The average Bonchev–Trinajstić information content (AvgIpc) is 2.74. The van der Waals surface area contributed by atoms with Crippen LogP contribution in [0.3, 0.4) is 0 Å². The molecule has 164 valence electrons. The predicted molar refractivity (Wildman–Crippen MR) is 126 cm³/mol. The molecule has 0 heterocycles. The fourth-order valence-corrected chi connectivity index (χ4v) is 20.0. The number of unbranched alkanes of at least 4 members (excludes halogenated alkanes) is 3. The molecule has 0 aliphatic carbocycles. The molecule has 29 heavy (non-hydrogen) atoms. The molecule has 0 radical (unpaired) electrons. The van der Waals surface area contributed by atoms with Crippen LogP contribution in [0.1, 0.15) is 71.8 Å². The molecule has 0 saturated heterocycles. The molecule has 0 amide bonds. The predicted octanol–water partition coefficient (Wildman–Crippen LogP) is 7.08. The van der Waals surface area contributed by atoms with Crippen molar-refractivity contribution < 1.29 is 14.3 Å². The van der Waals surface area contributed by atoms with E-state index in [1.165, 1.54) is 61.0 Å². The van der Waals surface area contributed by atoms with Crippen LogP contribution >= 0.6 is 0 Å². The van der Waals surface area contributed by atoms with Gasteiger partial charge < -0.3 is 0 Å². The Bertz CT molecular complexity index is 561. The van der Waals surface area contributed by atoms with Gasteiger partial charge in [-0.3, -0.25) is 0 Å². The third-order valence-corrected chi connectivity index (χ3v) is 21.6. The number of hydrogen-bond acceptors (Lipinski definition) is 3. The van der Waals surface area contributed by atoms with E-state index in [1.807, 2.05) is 31.2 Å². The van der Waals surface area contributed by atoms with Gasteiger partial charge >= 0.3 is 184 Å². The number of benzene rings is 1. The molecule has 0 unspecified atom stereocenters. The van der Waals surface area contributed by atoms with E-state index in [9.17, 15) is 4.79 Å². The second kappa shape index (κ2) is 16.0. The van der Waals surface area contributed by atoms with Crippen LogP contribution < -0.4 is 0 Å². The molecule has 1 aromatic carbocycles. The van der Waals surface area contributed by atoms with Gasteiger partial charge in [0, 0.05) is 0 Å². The van der Waals surface area contributed by atoms with Gasteiger partial charge in [0.25, 0.3) is 0 Å². The summed E-state index contributed by atoms with van der Waals surface area (Å²) in [6, 6.07) is 10.3. The number of carbonyl (C=O) groups excluding carboxylic acids is 1. The molecule has 0 fully saturated rings. The molecule has 1 rings (SSSR count). The zero-order valence-electron chi connectivity index (χ0n) is 19.2. The summed E-state index contributed by atoms with van der Waals surface area (Å²) in [5, 5.41) is 0. The third-order valence-electron chi connectivity index (χ3n) is 5.66. The van der Waals surface area contributed by atoms with Crippen molar-refractivity contribution in [2.24, 2.45) is 0 Å². The zero-order chi connectivity index (χ0) is 21.4. The van der Waals surface area contributed by atoms with E-state index in [4.69, 9.17) is 9.47 Å². The zero-order valence-corrected chi connectivity index (χ0v) is 22.0. The minimum atomic E-state index is -2.71. The van der Waals surface area contributed by atoms with Crippen molar-refractivity contribution in [3.8, 4) is 0 Å². The summed E-state index contributed by atoms with van der Waals surface area (Å²) in [4.78, 5) is 12.4. The van der Waals surface area contributed by atoms with Crippen LogP contribution in [0.5, 0.6) is 0 Å². The Kier molecular flexibility index (Phi) is 14.4. The SMILES string of the molecule is CCC[CH2][Sn]([CH2]CCC)([CH2]CCC)/[C](=C/C(=O)OCC)COCc1ccccc1. The molecule has 0 aliphatic heterocycles. The van der Waals surface area contributed by atoms with Gasteiger partial charge in [-0.25, -0.2) is 0 Å². The van der Waals surface area contributed by atoms with Crippen LogP contribution in [-0.2, 0) is 20.9 Å². The van der Waals surface area contributed by atoms with Crippen molar-refractivity contribution in [2.45, 2.75) is 86.1 Å². The third kappa shape index (κ3) is 10.2. The van der Waals surface area contributed by atoms with Crippen LogP contribution in [0, 0.1) is 0 Å². The molecular weight excluding hydrogens is 467 g/mol. The Morgan fingerprint density at radius 1 is 0.897 bits per heavy atom. The first-order valence-corrected chi connectivity index (χ1v) is 19.1. The van der Waals surface area contributed by atoms with Crippen LogP contribution in [-0.4, -0.2) is 37.6 Å². The molecule has 0 N–H and O–H groups in total. The maximum absolute atomic E-state index is 12.4. The molecule has 4 heteroatoms. The van der Waals surface area contributed by atoms with E-state index < -0.39 is 18.4 Å². The van der Waals surface area contributed by atoms with Crippen molar-refractivity contribution in [1.82, 2.24) is 0 Å². The van der Waals surface area contributed by atoms with Gasteiger partial charge in [-0.05, 0) is 0 Å². The molecule has 0 spiro atoms. The maximum atomic E-state index is 12.4. The van der Waals surface area contributed by atoms with E-state index in [-0.39, 0.29) is 5.97 Å². The average molecular weight is 509 g/mol. The summed E-state index contributed by atoms with van der Waals surface area (Å²) in [5.74, 6) is -0.184. The summed E-state index contributed by atoms with van der Waals surface area (Å²) in [7, 11) is 0. The first-order chi connectivity index (χ1) is 14.1. The second-order valence-corrected chi connectivity index (χ2v) is 21.4. The van der Waals surface area contributed by atoms with Crippen LogP contribution in [0.15, 0.2) is 40.0 Å². The normalized spacial score (nSPS) is 12.2. The van der Waals surface area contributed by atoms with Crippen molar-refractivity contribution in [3.05, 3.63) is 45.6 Å².